The van der Waals surface area contributed by atoms with Crippen molar-refractivity contribution in [1.29, 1.82) is 0 Å². The maximum absolute atomic E-state index is 12.2. The molecule has 0 saturated carbocycles. The van der Waals surface area contributed by atoms with Gasteiger partial charge in [-0.3, -0.25) is 0 Å². The first kappa shape index (κ1) is 18.9. The number of nitrogen functional groups attached to an aromatic ring is 1. The van der Waals surface area contributed by atoms with Crippen LogP contribution in [0.15, 0.2) is 44.4 Å². The van der Waals surface area contributed by atoms with Crippen molar-refractivity contribution >= 4 is 34.6 Å². The number of benzene rings is 1. The quantitative estimate of drug-likeness (QED) is 0.370. The van der Waals surface area contributed by atoms with Crippen molar-refractivity contribution in [3.8, 4) is 11.5 Å². The molecule has 0 aliphatic heterocycles. The Morgan fingerprint density at radius 3 is 2.72 bits per heavy atom. The fraction of sp³-hybridized carbons (Fsp3) is 0.211. The van der Waals surface area contributed by atoms with Crippen LogP contribution in [0.25, 0.3) is 22.6 Å². The highest BCUT2D eigenvalue weighted by molar-refractivity contribution is 7.98. The first-order valence-corrected chi connectivity index (χ1v) is 9.79. The van der Waals surface area contributed by atoms with Crippen LogP contribution in [0.4, 0.5) is 5.82 Å². The monoisotopic (exact) mass is 411 g/mol. The molecule has 0 bridgehead atoms. The van der Waals surface area contributed by atoms with Crippen LogP contribution in [0.3, 0.4) is 0 Å². The molecule has 4 aromatic rings. The summed E-state index contributed by atoms with van der Waals surface area (Å²) in [6.07, 6.45) is 0. The van der Waals surface area contributed by atoms with Crippen molar-refractivity contribution in [3.05, 3.63) is 47.5 Å². The molecule has 3 aromatic heterocycles. The highest BCUT2D eigenvalue weighted by Crippen LogP contribution is 2.30. The van der Waals surface area contributed by atoms with Gasteiger partial charge in [-0.05, 0) is 26.0 Å². The fourth-order valence-electron chi connectivity index (χ4n) is 2.79. The van der Waals surface area contributed by atoms with Crippen molar-refractivity contribution in [3.63, 3.8) is 0 Å². The van der Waals surface area contributed by atoms with E-state index in [9.17, 15) is 4.79 Å². The fourth-order valence-corrected chi connectivity index (χ4v) is 3.41. The summed E-state index contributed by atoms with van der Waals surface area (Å²) in [6, 6.07) is 9.49. The molecule has 9 nitrogen and oxygen atoms in total. The van der Waals surface area contributed by atoms with Crippen LogP contribution in [0.2, 0.25) is 0 Å². The molecule has 3 heterocycles. The van der Waals surface area contributed by atoms with Crippen LogP contribution >= 0.6 is 11.8 Å². The normalized spacial score (nSPS) is 11.1. The Bertz CT molecular complexity index is 1170. The predicted octanol–water partition coefficient (Wildman–Crippen LogP) is 3.63. The van der Waals surface area contributed by atoms with Gasteiger partial charge in [0.25, 0.3) is 5.22 Å². The Balaban J connectivity index is 1.55. The molecule has 0 aliphatic carbocycles. The summed E-state index contributed by atoms with van der Waals surface area (Å²) in [5, 5.41) is 8.82. The predicted molar refractivity (Wildman–Crippen MR) is 106 cm³/mol. The number of carbonyl (C=O) groups excluding carboxylic acids is 1. The smallest absolute Gasteiger partial charge is 0.342 e. The van der Waals surface area contributed by atoms with Crippen LogP contribution in [0, 0.1) is 6.92 Å². The lowest BCUT2D eigenvalue weighted by Gasteiger charge is -2.03. The molecule has 0 radical (unpaired) electrons. The second-order valence-corrected chi connectivity index (χ2v) is 6.91. The number of anilines is 1. The number of thioether (sulfide) groups is 1. The van der Waals surface area contributed by atoms with Gasteiger partial charge in [-0.25, -0.2) is 9.78 Å². The molecule has 0 aliphatic rings. The van der Waals surface area contributed by atoms with E-state index in [0.29, 0.717) is 33.8 Å². The summed E-state index contributed by atoms with van der Waals surface area (Å²) in [7, 11) is 0. The molecule has 0 spiro atoms. The largest absolute Gasteiger partial charge is 0.462 e. The van der Waals surface area contributed by atoms with E-state index in [1.807, 2.05) is 30.3 Å². The standard InChI is InChI=1S/C19H17N5O4S/c1-3-26-18(25)13-10(2)27-17-14(13)15(20)21-12(22-17)9-29-19-24-23-16(28-19)11-7-5-4-6-8-11/h4-8H,3,9H2,1-2H3,(H2,20,21,22). The Morgan fingerprint density at radius 2 is 1.97 bits per heavy atom. The highest BCUT2D eigenvalue weighted by atomic mass is 32.2. The van der Waals surface area contributed by atoms with Gasteiger partial charge >= 0.3 is 5.97 Å². The van der Waals surface area contributed by atoms with Gasteiger partial charge in [0.1, 0.15) is 23.0 Å². The van der Waals surface area contributed by atoms with E-state index in [4.69, 9.17) is 19.3 Å². The van der Waals surface area contributed by atoms with Crippen LogP contribution in [-0.4, -0.2) is 32.7 Å². The van der Waals surface area contributed by atoms with Crippen LogP contribution in [0.5, 0.6) is 0 Å². The van der Waals surface area contributed by atoms with E-state index >= 15 is 0 Å². The van der Waals surface area contributed by atoms with E-state index in [2.05, 4.69) is 20.2 Å². The molecule has 10 heteroatoms. The second kappa shape index (κ2) is 7.92. The van der Waals surface area contributed by atoms with Gasteiger partial charge in [-0.1, -0.05) is 30.0 Å². The van der Waals surface area contributed by atoms with E-state index in [1.54, 1.807) is 13.8 Å². The van der Waals surface area contributed by atoms with Crippen molar-refractivity contribution < 1.29 is 18.4 Å². The van der Waals surface area contributed by atoms with Crippen LogP contribution < -0.4 is 5.73 Å². The van der Waals surface area contributed by atoms with E-state index in [0.717, 1.165) is 5.56 Å². The van der Waals surface area contributed by atoms with E-state index < -0.39 is 5.97 Å². The zero-order chi connectivity index (χ0) is 20.4. The minimum absolute atomic E-state index is 0.154. The number of aryl methyl sites for hydroxylation is 1. The van der Waals surface area contributed by atoms with Gasteiger partial charge in [0.05, 0.1) is 17.7 Å². The number of fused-ring (bicyclic) bond motifs is 1. The number of hydrogen-bond donors (Lipinski definition) is 1. The van der Waals surface area contributed by atoms with Gasteiger partial charge < -0.3 is 19.3 Å². The molecule has 0 unspecified atom stereocenters. The number of carbonyl (C=O) groups is 1. The zero-order valence-corrected chi connectivity index (χ0v) is 16.5. The molecule has 29 heavy (non-hydrogen) atoms. The minimum Gasteiger partial charge on any atom is -0.462 e. The van der Waals surface area contributed by atoms with Crippen molar-refractivity contribution in [2.24, 2.45) is 0 Å². The molecule has 0 fully saturated rings. The number of esters is 1. The summed E-state index contributed by atoms with van der Waals surface area (Å²) in [5.41, 5.74) is 7.41. The number of hydrogen-bond acceptors (Lipinski definition) is 10. The SMILES string of the molecule is CCOC(=O)c1c(C)oc2nc(CSc3nnc(-c4ccccc4)o3)nc(N)c12. The van der Waals surface area contributed by atoms with Crippen LogP contribution in [0.1, 0.15) is 28.9 Å². The first-order chi connectivity index (χ1) is 14.1. The topological polar surface area (TPSA) is 130 Å². The van der Waals surface area contributed by atoms with Crippen molar-refractivity contribution in [1.82, 2.24) is 20.2 Å². The number of aromatic nitrogens is 4. The Morgan fingerprint density at radius 1 is 1.17 bits per heavy atom. The summed E-state index contributed by atoms with van der Waals surface area (Å²) in [4.78, 5) is 20.8. The molecule has 0 atom stereocenters. The van der Waals surface area contributed by atoms with Crippen molar-refractivity contribution in [2.75, 3.05) is 12.3 Å². The molecular formula is C19H17N5O4S. The molecule has 148 valence electrons. The van der Waals surface area contributed by atoms with Gasteiger partial charge in [-0.2, -0.15) is 4.98 Å². The molecule has 2 N–H and O–H groups in total. The summed E-state index contributed by atoms with van der Waals surface area (Å²) < 4.78 is 16.3. The molecular weight excluding hydrogens is 394 g/mol. The third-order valence-corrected chi connectivity index (χ3v) is 4.85. The number of furan rings is 1. The molecule has 1 aromatic carbocycles. The number of nitrogens with zero attached hydrogens (tertiary/aromatic N) is 4. The highest BCUT2D eigenvalue weighted by Gasteiger charge is 2.24. The minimum atomic E-state index is -0.513. The third-order valence-electron chi connectivity index (χ3n) is 4.03. The summed E-state index contributed by atoms with van der Waals surface area (Å²) in [5.74, 6) is 1.22. The Hall–Kier alpha value is -3.40. The lowest BCUT2D eigenvalue weighted by atomic mass is 10.2. The van der Waals surface area contributed by atoms with Crippen molar-refractivity contribution in [2.45, 2.75) is 24.8 Å². The number of rotatable bonds is 6. The lowest BCUT2D eigenvalue weighted by Crippen LogP contribution is -2.07. The Labute approximate surface area is 169 Å². The summed E-state index contributed by atoms with van der Waals surface area (Å²) in [6.45, 7) is 3.63. The van der Waals surface area contributed by atoms with Gasteiger partial charge in [-0.15, -0.1) is 10.2 Å². The second-order valence-electron chi connectivity index (χ2n) is 5.99. The average molecular weight is 411 g/mol. The molecule has 0 saturated heterocycles. The third kappa shape index (κ3) is 3.79. The lowest BCUT2D eigenvalue weighted by molar-refractivity contribution is 0.0526. The van der Waals surface area contributed by atoms with Crippen LogP contribution in [-0.2, 0) is 10.5 Å². The number of nitrogens with two attached hydrogens (primary N) is 1. The maximum Gasteiger partial charge on any atom is 0.342 e. The zero-order valence-electron chi connectivity index (χ0n) is 15.7. The first-order valence-electron chi connectivity index (χ1n) is 8.81. The maximum atomic E-state index is 12.2. The molecule has 0 amide bonds. The van der Waals surface area contributed by atoms with Gasteiger partial charge in [0.15, 0.2) is 0 Å². The molecule has 4 rings (SSSR count). The van der Waals surface area contributed by atoms with Gasteiger partial charge in [0, 0.05) is 5.56 Å². The van der Waals surface area contributed by atoms with E-state index in [-0.39, 0.29) is 23.7 Å². The number of ether oxygens (including phenoxy) is 1. The summed E-state index contributed by atoms with van der Waals surface area (Å²) >= 11 is 1.28. The average Bonchev–Trinajstić information content (AvgIpc) is 3.31. The Kier molecular flexibility index (Phi) is 5.17. The van der Waals surface area contributed by atoms with Gasteiger partial charge in [0.2, 0.25) is 11.6 Å². The van der Waals surface area contributed by atoms with E-state index in [1.165, 1.54) is 11.8 Å².